The molecule has 2 unspecified atom stereocenters. The zero-order valence-corrected chi connectivity index (χ0v) is 29.4. The molecule has 1 saturated carbocycles. The lowest BCUT2D eigenvalue weighted by molar-refractivity contribution is -0.194. The van der Waals surface area contributed by atoms with Crippen molar-refractivity contribution in [1.82, 2.24) is 23.1 Å². The predicted octanol–water partition coefficient (Wildman–Crippen LogP) is 6.92. The second-order valence-corrected chi connectivity index (χ2v) is 14.7. The van der Waals surface area contributed by atoms with E-state index >= 15 is 0 Å². The Morgan fingerprint density at radius 1 is 1.38 bits per heavy atom. The van der Waals surface area contributed by atoms with Crippen LogP contribution >= 0.6 is 22.9 Å². The molecule has 1 aliphatic heterocycles. The summed E-state index contributed by atoms with van der Waals surface area (Å²) in [5.41, 5.74) is -1.04. The lowest BCUT2D eigenvalue weighted by atomic mass is 9.97. The molecule has 1 aromatic rings. The van der Waals surface area contributed by atoms with Crippen LogP contribution in [0.2, 0.25) is 0 Å². The molecule has 2 fully saturated rings. The number of nitrogens with one attached hydrogen (secondary N) is 1. The van der Waals surface area contributed by atoms with Gasteiger partial charge in [-0.15, -0.1) is 5.10 Å². The number of nitrogens with zero attached hydrogens (tertiary/aromatic N) is 5. The largest absolute Gasteiger partial charge is 0.610 e. The Labute approximate surface area is 280 Å². The summed E-state index contributed by atoms with van der Waals surface area (Å²) in [5.74, 6) is 0.808. The van der Waals surface area contributed by atoms with Crippen LogP contribution in [0.4, 0.5) is 13.2 Å². The molecule has 1 N–H and O–H groups in total. The molecule has 2 atom stereocenters. The summed E-state index contributed by atoms with van der Waals surface area (Å²) in [6, 6.07) is 1.50. The van der Waals surface area contributed by atoms with Crippen molar-refractivity contribution in [2.45, 2.75) is 72.0 Å². The molecule has 0 aromatic carbocycles. The first kappa shape index (κ1) is 36.7. The van der Waals surface area contributed by atoms with Gasteiger partial charge in [0.15, 0.2) is 16.6 Å². The highest BCUT2D eigenvalue weighted by molar-refractivity contribution is 14.1. The van der Waals surface area contributed by atoms with Crippen LogP contribution in [0.15, 0.2) is 71.5 Å². The molecule has 2 heterocycles. The van der Waals surface area contributed by atoms with Crippen molar-refractivity contribution < 1.29 is 27.3 Å². The fraction of sp³-hybridized carbons (Fsp3) is 0.516. The number of alkyl halides is 3. The van der Waals surface area contributed by atoms with E-state index in [1.165, 1.54) is 10.7 Å². The number of aliphatic imine (C=N–C) groups is 1. The van der Waals surface area contributed by atoms with E-state index in [1.54, 1.807) is 41.6 Å². The Balaban J connectivity index is 1.79. The predicted molar refractivity (Wildman–Crippen MR) is 181 cm³/mol. The van der Waals surface area contributed by atoms with Crippen LogP contribution in [0.5, 0.6) is 5.88 Å². The monoisotopic (exact) mass is 762 g/mol. The minimum absolute atomic E-state index is 0.0404. The number of carbonyl (C=O) groups excluding carboxylic acids is 1. The summed E-state index contributed by atoms with van der Waals surface area (Å²) >= 11 is 0.446. The van der Waals surface area contributed by atoms with E-state index in [9.17, 15) is 22.5 Å². The van der Waals surface area contributed by atoms with E-state index in [-0.39, 0.29) is 42.5 Å². The number of likely N-dealkylation sites (tertiary alicyclic amines) is 1. The van der Waals surface area contributed by atoms with Crippen LogP contribution < -0.4 is 10.1 Å². The number of rotatable bonds is 14. The molecule has 0 bridgehead atoms. The number of carbonyl (C=O) groups is 1. The fourth-order valence-corrected chi connectivity index (χ4v) is 6.65. The smallest absolute Gasteiger partial charge is 0.397 e. The van der Waals surface area contributed by atoms with Gasteiger partial charge in [0.2, 0.25) is 11.8 Å². The Kier molecular flexibility index (Phi) is 12.1. The second-order valence-electron chi connectivity index (χ2n) is 12.2. The molecule has 1 aliphatic carbocycles. The Morgan fingerprint density at radius 3 is 2.56 bits per heavy atom. The number of amidine groups is 1. The highest BCUT2D eigenvalue weighted by atomic mass is 127. The second kappa shape index (κ2) is 14.8. The number of hydrogen-bond acceptors (Lipinski definition) is 6. The summed E-state index contributed by atoms with van der Waals surface area (Å²) in [6.07, 6.45) is 3.03. The Morgan fingerprint density at radius 2 is 2.04 bits per heavy atom. The first-order valence-corrected chi connectivity index (χ1v) is 16.8. The number of ether oxygens (including phenoxy) is 1. The normalized spacial score (nSPS) is 20.4. The maximum Gasteiger partial charge on any atom is 0.397 e. The van der Waals surface area contributed by atoms with E-state index in [0.717, 1.165) is 6.42 Å². The average Bonchev–Trinajstić information content (AvgIpc) is 3.53. The van der Waals surface area contributed by atoms with Crippen molar-refractivity contribution in [3.05, 3.63) is 66.5 Å². The highest BCUT2D eigenvalue weighted by Crippen LogP contribution is 2.57. The topological polar surface area (TPSA) is 98.0 Å². The maximum absolute atomic E-state index is 13.3. The molecule has 14 heteroatoms. The lowest BCUT2D eigenvalue weighted by Crippen LogP contribution is -2.44. The van der Waals surface area contributed by atoms with Gasteiger partial charge in [0.1, 0.15) is 17.9 Å². The van der Waals surface area contributed by atoms with Crippen molar-refractivity contribution >= 4 is 51.6 Å². The average molecular weight is 763 g/mol. The van der Waals surface area contributed by atoms with Crippen LogP contribution in [0.3, 0.4) is 0 Å². The lowest BCUT2D eigenvalue weighted by Gasteiger charge is -2.35. The van der Waals surface area contributed by atoms with Crippen LogP contribution in [0, 0.1) is 11.3 Å². The standard InChI is InChI=1S/C31H42F3IN6O3S/c1-9-25(41-14-11-27(38-41)44-19-30(12-13-30)31(32,33)34)37-28(40-17-22(5)16-29(40,7)8)23(6)15-26(42)36-20-45(43)24(21(3)4)18-39(35)10-2/h9-11,14,18,22H,2-3,6,12-13,15-17,19-20H2,1,4-5,7-8H3,(H,36,42)/b24-18+,25-9+,37-28+. The molecule has 1 aromatic heterocycles. The maximum atomic E-state index is 13.3. The highest BCUT2D eigenvalue weighted by Gasteiger charge is 2.64. The van der Waals surface area contributed by atoms with Crippen LogP contribution in [0.1, 0.15) is 60.3 Å². The Bertz CT molecular complexity index is 1380. The molecule has 45 heavy (non-hydrogen) atoms. The van der Waals surface area contributed by atoms with Gasteiger partial charge in [-0.25, -0.2) is 9.67 Å². The molecule has 0 spiro atoms. The van der Waals surface area contributed by atoms with E-state index < -0.39 is 29.4 Å². The van der Waals surface area contributed by atoms with Crippen LogP contribution in [-0.4, -0.2) is 64.8 Å². The molecule has 9 nitrogen and oxygen atoms in total. The van der Waals surface area contributed by atoms with E-state index in [2.05, 4.69) is 55.8 Å². The summed E-state index contributed by atoms with van der Waals surface area (Å²) in [7, 11) is 0. The van der Waals surface area contributed by atoms with E-state index in [0.29, 0.717) is 40.2 Å². The Hall–Kier alpha value is -2.72. The van der Waals surface area contributed by atoms with Crippen molar-refractivity contribution in [3.63, 3.8) is 0 Å². The summed E-state index contributed by atoms with van der Waals surface area (Å²) in [6.45, 7) is 21.8. The molecule has 1 amide bonds. The number of halogens is 4. The number of hydrogen-bond donors (Lipinski definition) is 1. The van der Waals surface area contributed by atoms with Gasteiger partial charge in [0, 0.05) is 41.7 Å². The van der Waals surface area contributed by atoms with Crippen molar-refractivity contribution in [2.75, 3.05) is 19.0 Å². The zero-order chi connectivity index (χ0) is 33.7. The molecular formula is C31H42F3IN6O3S. The van der Waals surface area contributed by atoms with Crippen molar-refractivity contribution in [2.24, 2.45) is 16.3 Å². The molecule has 248 valence electrons. The summed E-state index contributed by atoms with van der Waals surface area (Å²) < 4.78 is 61.5. The number of aromatic nitrogens is 2. The van der Waals surface area contributed by atoms with Gasteiger partial charge < -0.3 is 19.5 Å². The van der Waals surface area contributed by atoms with Gasteiger partial charge in [0.25, 0.3) is 0 Å². The summed E-state index contributed by atoms with van der Waals surface area (Å²) in [5, 5.41) is 7.05. The van der Waals surface area contributed by atoms with Crippen LogP contribution in [-0.2, 0) is 16.0 Å². The van der Waals surface area contributed by atoms with E-state index in [4.69, 9.17) is 9.73 Å². The third kappa shape index (κ3) is 9.41. The quantitative estimate of drug-likeness (QED) is 0.0552. The van der Waals surface area contributed by atoms with Gasteiger partial charge >= 0.3 is 6.18 Å². The van der Waals surface area contributed by atoms with Gasteiger partial charge in [-0.2, -0.15) is 13.2 Å². The molecular weight excluding hydrogens is 720 g/mol. The van der Waals surface area contributed by atoms with E-state index in [1.807, 2.05) is 22.9 Å². The zero-order valence-electron chi connectivity index (χ0n) is 26.4. The van der Waals surface area contributed by atoms with Crippen molar-refractivity contribution in [3.8, 4) is 5.88 Å². The van der Waals surface area contributed by atoms with Crippen molar-refractivity contribution in [1.29, 1.82) is 0 Å². The SMILES string of the molecule is C=CN(I)/C=C(\C(=C)C)[S+]([O-])CNC(=O)CC(=C)/C(=N\C(=C/C)n1ccc(OCC2(C(F)(F)F)CC2)n1)N1CC(C)CC1(C)C. The number of allylic oxidation sites excluding steroid dienone is 2. The fourth-order valence-electron chi connectivity index (χ4n) is 5.12. The third-order valence-electron chi connectivity index (χ3n) is 7.73. The van der Waals surface area contributed by atoms with Crippen LogP contribution in [0.25, 0.3) is 5.82 Å². The first-order valence-electron chi connectivity index (χ1n) is 14.5. The minimum atomic E-state index is -4.32. The third-order valence-corrected chi connectivity index (χ3v) is 9.75. The first-order chi connectivity index (χ1) is 20.9. The van der Waals surface area contributed by atoms with Gasteiger partial charge in [-0.05, 0) is 70.1 Å². The molecule has 0 radical (unpaired) electrons. The minimum Gasteiger partial charge on any atom is -0.610 e. The molecule has 1 saturated heterocycles. The van der Waals surface area contributed by atoms with Gasteiger partial charge in [-0.1, -0.05) is 26.7 Å². The van der Waals surface area contributed by atoms with Gasteiger partial charge in [0.05, 0.1) is 35.5 Å². The molecule has 3 rings (SSSR count). The van der Waals surface area contributed by atoms with Gasteiger partial charge in [-0.3, -0.25) is 7.91 Å². The number of amides is 1. The molecule has 2 aliphatic rings. The summed E-state index contributed by atoms with van der Waals surface area (Å²) in [4.78, 5) is 20.5.